The molecule has 0 atom stereocenters. The minimum absolute atomic E-state index is 0.0465. The Morgan fingerprint density at radius 2 is 2.14 bits per heavy atom. The quantitative estimate of drug-likeness (QED) is 0.559. The number of non-ortho nitro benzene ring substituents is 1. The van der Waals surface area contributed by atoms with E-state index in [1.807, 2.05) is 13.0 Å². The molecule has 0 bridgehead atoms. The molecule has 1 fully saturated rings. The number of nitro groups is 1. The van der Waals surface area contributed by atoms with E-state index in [1.165, 1.54) is 18.9 Å². The van der Waals surface area contributed by atoms with Crippen LogP contribution in [0.5, 0.6) is 5.75 Å². The second kappa shape index (κ2) is 6.76. The summed E-state index contributed by atoms with van der Waals surface area (Å²) in [6, 6.07) is 4.81. The van der Waals surface area contributed by atoms with Gasteiger partial charge in [-0.25, -0.2) is 0 Å². The fourth-order valence-corrected chi connectivity index (χ4v) is 2.34. The molecule has 0 radical (unpaired) electrons. The Bertz CT molecular complexity index is 500. The number of benzene rings is 1. The van der Waals surface area contributed by atoms with Crippen molar-refractivity contribution in [2.45, 2.75) is 26.2 Å². The molecule has 0 saturated heterocycles. The van der Waals surface area contributed by atoms with Gasteiger partial charge in [0.15, 0.2) is 0 Å². The minimum Gasteiger partial charge on any atom is -0.494 e. The van der Waals surface area contributed by atoms with Crippen LogP contribution in [-0.4, -0.2) is 31.8 Å². The smallest absolute Gasteiger partial charge is 0.275 e. The number of anilines is 1. The van der Waals surface area contributed by atoms with Gasteiger partial charge in [0, 0.05) is 38.1 Å². The zero-order chi connectivity index (χ0) is 15.3. The van der Waals surface area contributed by atoms with Gasteiger partial charge in [0.25, 0.3) is 5.69 Å². The Labute approximate surface area is 124 Å². The molecular weight excluding hydrogens is 272 g/mol. The van der Waals surface area contributed by atoms with Gasteiger partial charge in [0.05, 0.1) is 17.6 Å². The first-order chi connectivity index (χ1) is 10.1. The van der Waals surface area contributed by atoms with E-state index >= 15 is 0 Å². The highest BCUT2D eigenvalue weighted by atomic mass is 16.6. The second-order valence-electron chi connectivity index (χ2n) is 5.50. The molecule has 1 aliphatic rings. The summed E-state index contributed by atoms with van der Waals surface area (Å²) in [5.41, 5.74) is 1.06. The van der Waals surface area contributed by atoms with E-state index in [0.29, 0.717) is 12.4 Å². The first kappa shape index (κ1) is 15.6. The summed E-state index contributed by atoms with van der Waals surface area (Å²) in [5.74, 6) is 0.524. The van der Waals surface area contributed by atoms with Crippen LogP contribution in [0.1, 0.15) is 26.2 Å². The molecule has 0 unspecified atom stereocenters. The van der Waals surface area contributed by atoms with E-state index < -0.39 is 4.92 Å². The first-order valence-electron chi connectivity index (χ1n) is 7.24. The van der Waals surface area contributed by atoms with Crippen LogP contribution >= 0.6 is 0 Å². The summed E-state index contributed by atoms with van der Waals surface area (Å²) in [6.07, 6.45) is 3.37. The third-order valence-corrected chi connectivity index (χ3v) is 3.87. The molecule has 6 nitrogen and oxygen atoms in total. The van der Waals surface area contributed by atoms with Gasteiger partial charge in [0.1, 0.15) is 5.75 Å². The molecule has 1 N–H and O–H groups in total. The van der Waals surface area contributed by atoms with Crippen molar-refractivity contribution in [3.05, 3.63) is 28.3 Å². The van der Waals surface area contributed by atoms with E-state index in [9.17, 15) is 10.1 Å². The Hall–Kier alpha value is -1.82. The van der Waals surface area contributed by atoms with E-state index in [-0.39, 0.29) is 11.1 Å². The summed E-state index contributed by atoms with van der Waals surface area (Å²) in [5, 5.41) is 14.3. The van der Waals surface area contributed by atoms with Crippen LogP contribution < -0.4 is 10.1 Å². The number of hydrogen-bond donors (Lipinski definition) is 1. The maximum Gasteiger partial charge on any atom is 0.275 e. The summed E-state index contributed by atoms with van der Waals surface area (Å²) in [6.45, 7) is 3.90. The monoisotopic (exact) mass is 294 g/mol. The Morgan fingerprint density at radius 3 is 2.71 bits per heavy atom. The number of ether oxygens (including phenoxy) is 2. The third-order valence-electron chi connectivity index (χ3n) is 3.87. The lowest BCUT2D eigenvalue weighted by molar-refractivity contribution is -0.384. The summed E-state index contributed by atoms with van der Waals surface area (Å²) >= 11 is 0. The molecule has 0 heterocycles. The second-order valence-corrected chi connectivity index (χ2v) is 5.50. The number of nitrogens with zero attached hydrogens (tertiary/aromatic N) is 1. The fourth-order valence-electron chi connectivity index (χ4n) is 2.34. The van der Waals surface area contributed by atoms with Crippen molar-refractivity contribution in [1.29, 1.82) is 0 Å². The fraction of sp³-hybridized carbons (Fsp3) is 0.600. The van der Waals surface area contributed by atoms with Gasteiger partial charge >= 0.3 is 0 Å². The summed E-state index contributed by atoms with van der Waals surface area (Å²) in [7, 11) is 1.71. The SMILES string of the molecule is CCOc1cc(NCC2(CCOC)CC2)cc([N+](=O)[O-])c1. The molecule has 0 aromatic heterocycles. The Morgan fingerprint density at radius 1 is 1.38 bits per heavy atom. The van der Waals surface area contributed by atoms with E-state index in [1.54, 1.807) is 13.2 Å². The number of rotatable bonds is 9. The van der Waals surface area contributed by atoms with Crippen LogP contribution in [0.3, 0.4) is 0 Å². The van der Waals surface area contributed by atoms with Crippen LogP contribution in [0, 0.1) is 15.5 Å². The molecule has 1 saturated carbocycles. The van der Waals surface area contributed by atoms with Crippen LogP contribution in [-0.2, 0) is 4.74 Å². The summed E-state index contributed by atoms with van der Waals surface area (Å²) < 4.78 is 10.5. The van der Waals surface area contributed by atoms with E-state index in [2.05, 4.69) is 5.32 Å². The van der Waals surface area contributed by atoms with Gasteiger partial charge in [0.2, 0.25) is 0 Å². The van der Waals surface area contributed by atoms with Crippen molar-refractivity contribution in [3.8, 4) is 5.75 Å². The number of methoxy groups -OCH3 is 1. The molecule has 21 heavy (non-hydrogen) atoms. The minimum atomic E-state index is -0.397. The molecule has 1 aromatic carbocycles. The Kier molecular flexibility index (Phi) is 5.01. The molecule has 2 rings (SSSR count). The maximum absolute atomic E-state index is 11.0. The average molecular weight is 294 g/mol. The zero-order valence-corrected chi connectivity index (χ0v) is 12.6. The topological polar surface area (TPSA) is 73.6 Å². The van der Waals surface area contributed by atoms with Crippen molar-refractivity contribution in [3.63, 3.8) is 0 Å². The predicted octanol–water partition coefficient (Wildman–Crippen LogP) is 3.22. The lowest BCUT2D eigenvalue weighted by atomic mass is 10.0. The molecule has 116 valence electrons. The zero-order valence-electron chi connectivity index (χ0n) is 12.6. The largest absolute Gasteiger partial charge is 0.494 e. The van der Waals surface area contributed by atoms with E-state index in [0.717, 1.165) is 25.3 Å². The van der Waals surface area contributed by atoms with Crippen molar-refractivity contribution in [1.82, 2.24) is 0 Å². The predicted molar refractivity (Wildman–Crippen MR) is 80.9 cm³/mol. The standard InChI is InChI=1S/C15H22N2O4/c1-3-21-14-9-12(8-13(10-14)17(18)19)16-11-15(4-5-15)6-7-20-2/h8-10,16H,3-7,11H2,1-2H3. The molecular formula is C15H22N2O4. The van der Waals surface area contributed by atoms with Crippen LogP contribution in [0.15, 0.2) is 18.2 Å². The highest BCUT2D eigenvalue weighted by Gasteiger charge is 2.41. The van der Waals surface area contributed by atoms with Crippen LogP contribution in [0.25, 0.3) is 0 Å². The van der Waals surface area contributed by atoms with Crippen molar-refractivity contribution in [2.24, 2.45) is 5.41 Å². The van der Waals surface area contributed by atoms with Crippen molar-refractivity contribution < 1.29 is 14.4 Å². The molecule has 1 aliphatic carbocycles. The van der Waals surface area contributed by atoms with Crippen molar-refractivity contribution >= 4 is 11.4 Å². The van der Waals surface area contributed by atoms with Crippen LogP contribution in [0.2, 0.25) is 0 Å². The number of hydrogen-bond acceptors (Lipinski definition) is 5. The molecule has 1 aromatic rings. The molecule has 0 amide bonds. The maximum atomic E-state index is 11.0. The molecule has 0 spiro atoms. The van der Waals surface area contributed by atoms with Crippen LogP contribution in [0.4, 0.5) is 11.4 Å². The molecule has 0 aliphatic heterocycles. The average Bonchev–Trinajstić information content (AvgIpc) is 3.24. The Balaban J connectivity index is 2.03. The van der Waals surface area contributed by atoms with Crippen molar-refractivity contribution in [2.75, 3.05) is 32.2 Å². The first-order valence-corrected chi connectivity index (χ1v) is 7.24. The normalized spacial score (nSPS) is 15.5. The van der Waals surface area contributed by atoms with Gasteiger partial charge in [-0.1, -0.05) is 0 Å². The number of nitrogens with one attached hydrogen (secondary N) is 1. The van der Waals surface area contributed by atoms with Gasteiger partial charge < -0.3 is 14.8 Å². The van der Waals surface area contributed by atoms with E-state index in [4.69, 9.17) is 9.47 Å². The highest BCUT2D eigenvalue weighted by molar-refractivity contribution is 5.56. The summed E-state index contributed by atoms with van der Waals surface area (Å²) in [4.78, 5) is 10.6. The lowest BCUT2D eigenvalue weighted by Crippen LogP contribution is -2.17. The van der Waals surface area contributed by atoms with Gasteiger partial charge in [-0.3, -0.25) is 10.1 Å². The van der Waals surface area contributed by atoms with Gasteiger partial charge in [-0.15, -0.1) is 0 Å². The molecule has 6 heteroatoms. The lowest BCUT2D eigenvalue weighted by Gasteiger charge is -2.16. The third kappa shape index (κ3) is 4.32. The number of nitro benzene ring substituents is 1. The van der Waals surface area contributed by atoms with Gasteiger partial charge in [-0.2, -0.15) is 0 Å². The highest BCUT2D eigenvalue weighted by Crippen LogP contribution is 2.48. The van der Waals surface area contributed by atoms with Gasteiger partial charge in [-0.05, 0) is 31.6 Å².